The van der Waals surface area contributed by atoms with Gasteiger partial charge in [-0.2, -0.15) is 0 Å². The lowest BCUT2D eigenvalue weighted by Crippen LogP contribution is -2.38. The molecule has 0 unspecified atom stereocenters. The van der Waals surface area contributed by atoms with Crippen molar-refractivity contribution in [3.8, 4) is 5.75 Å². The first-order valence-corrected chi connectivity index (χ1v) is 7.32. The van der Waals surface area contributed by atoms with Gasteiger partial charge < -0.3 is 4.74 Å². The van der Waals surface area contributed by atoms with Crippen LogP contribution in [0.25, 0.3) is 0 Å². The zero-order valence-electron chi connectivity index (χ0n) is 13.3. The standard InChI is InChI=1S/C16H28N2O2/c1-13(2)18(14(3)4)11-6-12-20-17-15-7-9-16(19-5)10-8-15/h7-10,13-14,17H,6,11-12H2,1-5H3. The monoisotopic (exact) mass is 280 g/mol. The minimum Gasteiger partial charge on any atom is -0.497 e. The second-order valence-corrected chi connectivity index (χ2v) is 5.46. The predicted octanol–water partition coefficient (Wildman–Crippen LogP) is 3.55. The summed E-state index contributed by atoms with van der Waals surface area (Å²) in [5.41, 5.74) is 3.89. The Balaban J connectivity index is 2.21. The van der Waals surface area contributed by atoms with E-state index >= 15 is 0 Å². The van der Waals surface area contributed by atoms with E-state index in [9.17, 15) is 0 Å². The van der Waals surface area contributed by atoms with Gasteiger partial charge in [0.2, 0.25) is 0 Å². The van der Waals surface area contributed by atoms with Crippen LogP contribution in [-0.2, 0) is 4.84 Å². The fraction of sp³-hybridized carbons (Fsp3) is 0.625. The van der Waals surface area contributed by atoms with E-state index in [0.29, 0.717) is 18.7 Å². The van der Waals surface area contributed by atoms with Crippen LogP contribution in [0, 0.1) is 0 Å². The third-order valence-electron chi connectivity index (χ3n) is 3.27. The van der Waals surface area contributed by atoms with Crippen LogP contribution >= 0.6 is 0 Å². The fourth-order valence-corrected chi connectivity index (χ4v) is 2.23. The number of anilines is 1. The van der Waals surface area contributed by atoms with Gasteiger partial charge in [0.05, 0.1) is 19.4 Å². The molecule has 20 heavy (non-hydrogen) atoms. The number of benzene rings is 1. The average Bonchev–Trinajstić information content (AvgIpc) is 2.42. The highest BCUT2D eigenvalue weighted by molar-refractivity contribution is 5.44. The molecule has 0 aliphatic rings. The maximum absolute atomic E-state index is 5.49. The lowest BCUT2D eigenvalue weighted by Gasteiger charge is -2.30. The van der Waals surface area contributed by atoms with Gasteiger partial charge in [-0.05, 0) is 58.4 Å². The smallest absolute Gasteiger partial charge is 0.119 e. The summed E-state index contributed by atoms with van der Waals surface area (Å²) in [7, 11) is 1.66. The van der Waals surface area contributed by atoms with Crippen molar-refractivity contribution in [1.29, 1.82) is 0 Å². The summed E-state index contributed by atoms with van der Waals surface area (Å²) in [5.74, 6) is 0.847. The Morgan fingerprint density at radius 1 is 1.05 bits per heavy atom. The van der Waals surface area contributed by atoms with Gasteiger partial charge in [0.1, 0.15) is 5.75 Å². The number of nitrogens with one attached hydrogen (secondary N) is 1. The molecule has 0 fully saturated rings. The van der Waals surface area contributed by atoms with Gasteiger partial charge in [-0.3, -0.25) is 15.2 Å². The van der Waals surface area contributed by atoms with Crippen LogP contribution in [0.3, 0.4) is 0 Å². The molecule has 0 radical (unpaired) electrons. The summed E-state index contributed by atoms with van der Waals surface area (Å²) < 4.78 is 5.11. The number of rotatable bonds is 9. The van der Waals surface area contributed by atoms with Gasteiger partial charge in [0, 0.05) is 18.6 Å². The molecular weight excluding hydrogens is 252 g/mol. The van der Waals surface area contributed by atoms with Gasteiger partial charge in [-0.25, -0.2) is 0 Å². The van der Waals surface area contributed by atoms with Crippen LogP contribution in [0.2, 0.25) is 0 Å². The molecule has 0 aromatic heterocycles. The van der Waals surface area contributed by atoms with E-state index in [1.54, 1.807) is 7.11 Å². The van der Waals surface area contributed by atoms with Gasteiger partial charge in [0.15, 0.2) is 0 Å². The molecule has 0 spiro atoms. The molecule has 1 aromatic rings. The van der Waals surface area contributed by atoms with Crippen LogP contribution in [0.4, 0.5) is 5.69 Å². The van der Waals surface area contributed by atoms with E-state index in [4.69, 9.17) is 9.57 Å². The maximum atomic E-state index is 5.49. The molecule has 0 saturated carbocycles. The zero-order chi connectivity index (χ0) is 15.0. The second kappa shape index (κ2) is 8.82. The number of ether oxygens (including phenoxy) is 1. The number of nitrogens with zero attached hydrogens (tertiary/aromatic N) is 1. The molecule has 0 aliphatic heterocycles. The normalized spacial score (nSPS) is 11.4. The van der Waals surface area contributed by atoms with Gasteiger partial charge in [0.25, 0.3) is 0 Å². The van der Waals surface area contributed by atoms with E-state index in [0.717, 1.165) is 24.4 Å². The maximum Gasteiger partial charge on any atom is 0.119 e. The van der Waals surface area contributed by atoms with E-state index in [2.05, 4.69) is 38.1 Å². The molecule has 0 atom stereocenters. The van der Waals surface area contributed by atoms with E-state index < -0.39 is 0 Å². The molecular formula is C16H28N2O2. The van der Waals surface area contributed by atoms with E-state index in [1.807, 2.05) is 24.3 Å². The van der Waals surface area contributed by atoms with Crippen LogP contribution in [0.15, 0.2) is 24.3 Å². The fourth-order valence-electron chi connectivity index (χ4n) is 2.23. The Morgan fingerprint density at radius 3 is 2.15 bits per heavy atom. The molecule has 0 aliphatic carbocycles. The Kier molecular flexibility index (Phi) is 7.41. The highest BCUT2D eigenvalue weighted by Crippen LogP contribution is 2.14. The SMILES string of the molecule is COc1ccc(NOCCCN(C(C)C)C(C)C)cc1. The van der Waals surface area contributed by atoms with Crippen molar-refractivity contribution in [2.24, 2.45) is 0 Å². The number of methoxy groups -OCH3 is 1. The predicted molar refractivity (Wildman–Crippen MR) is 84.2 cm³/mol. The van der Waals surface area contributed by atoms with Gasteiger partial charge in [-0.1, -0.05) is 0 Å². The van der Waals surface area contributed by atoms with Gasteiger partial charge in [-0.15, -0.1) is 0 Å². The first-order chi connectivity index (χ1) is 9.54. The molecule has 1 aromatic carbocycles. The Hall–Kier alpha value is -1.26. The first kappa shape index (κ1) is 16.8. The Bertz CT molecular complexity index is 355. The highest BCUT2D eigenvalue weighted by atomic mass is 16.6. The van der Waals surface area contributed by atoms with Crippen LogP contribution < -0.4 is 10.2 Å². The van der Waals surface area contributed by atoms with Crippen molar-refractivity contribution < 1.29 is 9.57 Å². The zero-order valence-corrected chi connectivity index (χ0v) is 13.3. The third-order valence-corrected chi connectivity index (χ3v) is 3.27. The molecule has 0 saturated heterocycles. The van der Waals surface area contributed by atoms with Crippen molar-refractivity contribution in [2.45, 2.75) is 46.2 Å². The molecule has 1 rings (SSSR count). The molecule has 114 valence electrons. The minimum atomic E-state index is 0.574. The summed E-state index contributed by atoms with van der Waals surface area (Å²) in [5, 5.41) is 0. The lowest BCUT2D eigenvalue weighted by atomic mass is 10.2. The number of hydrogen-bond donors (Lipinski definition) is 1. The molecule has 4 nitrogen and oxygen atoms in total. The summed E-state index contributed by atoms with van der Waals surface area (Å²) in [6.45, 7) is 10.7. The molecule has 4 heteroatoms. The largest absolute Gasteiger partial charge is 0.497 e. The molecule has 1 N–H and O–H groups in total. The summed E-state index contributed by atoms with van der Waals surface area (Å²) in [6.07, 6.45) is 1.01. The van der Waals surface area contributed by atoms with Crippen LogP contribution in [0.5, 0.6) is 5.75 Å². The number of hydrogen-bond acceptors (Lipinski definition) is 4. The van der Waals surface area contributed by atoms with E-state index in [-0.39, 0.29) is 0 Å². The van der Waals surface area contributed by atoms with Crippen molar-refractivity contribution in [1.82, 2.24) is 4.90 Å². The average molecular weight is 280 g/mol. The van der Waals surface area contributed by atoms with Crippen molar-refractivity contribution in [3.05, 3.63) is 24.3 Å². The molecule has 0 heterocycles. The summed E-state index contributed by atoms with van der Waals surface area (Å²) >= 11 is 0. The third kappa shape index (κ3) is 5.80. The van der Waals surface area contributed by atoms with Crippen molar-refractivity contribution in [3.63, 3.8) is 0 Å². The van der Waals surface area contributed by atoms with Crippen molar-refractivity contribution in [2.75, 3.05) is 25.7 Å². The quantitative estimate of drug-likeness (QED) is 0.554. The first-order valence-electron chi connectivity index (χ1n) is 7.32. The Labute approximate surface area is 123 Å². The molecule has 0 bridgehead atoms. The van der Waals surface area contributed by atoms with Gasteiger partial charge >= 0.3 is 0 Å². The summed E-state index contributed by atoms with van der Waals surface area (Å²) in [4.78, 5) is 7.95. The minimum absolute atomic E-state index is 0.574. The van der Waals surface area contributed by atoms with Crippen LogP contribution in [0.1, 0.15) is 34.1 Å². The topological polar surface area (TPSA) is 33.7 Å². The molecule has 0 amide bonds. The highest BCUT2D eigenvalue weighted by Gasteiger charge is 2.12. The summed E-state index contributed by atoms with van der Waals surface area (Å²) in [6, 6.07) is 8.84. The van der Waals surface area contributed by atoms with E-state index in [1.165, 1.54) is 0 Å². The van der Waals surface area contributed by atoms with Crippen molar-refractivity contribution >= 4 is 5.69 Å². The lowest BCUT2D eigenvalue weighted by molar-refractivity contribution is 0.135. The van der Waals surface area contributed by atoms with Crippen LogP contribution in [-0.4, -0.2) is 37.2 Å². The Morgan fingerprint density at radius 2 is 1.65 bits per heavy atom. The second-order valence-electron chi connectivity index (χ2n) is 5.46.